The van der Waals surface area contributed by atoms with Crippen LogP contribution in [0.2, 0.25) is 0 Å². The van der Waals surface area contributed by atoms with Crippen molar-refractivity contribution < 1.29 is 13.5 Å². The summed E-state index contributed by atoms with van der Waals surface area (Å²) in [6.07, 6.45) is 1.35. The van der Waals surface area contributed by atoms with E-state index in [0.717, 1.165) is 9.54 Å². The summed E-state index contributed by atoms with van der Waals surface area (Å²) in [7, 11) is -3.70. The number of hydrogen-bond acceptors (Lipinski definition) is 3. The largest absolute Gasteiger partial charge is 0.494 e. The zero-order valence-corrected chi connectivity index (χ0v) is 10.4. The number of aromatic nitrogens is 1. The number of rotatable bonds is 2. The second-order valence-electron chi connectivity index (χ2n) is 3.94. The summed E-state index contributed by atoms with van der Waals surface area (Å²) in [5, 5.41) is 9.67. The molecule has 0 aliphatic carbocycles. The van der Waals surface area contributed by atoms with E-state index in [9.17, 15) is 13.5 Å². The molecule has 1 aromatic heterocycles. The summed E-state index contributed by atoms with van der Waals surface area (Å²) < 4.78 is 25.2. The molecule has 4 nitrogen and oxygen atoms in total. The van der Waals surface area contributed by atoms with Crippen LogP contribution in [-0.2, 0) is 10.0 Å². The monoisotopic (exact) mass is 251 g/mol. The van der Waals surface area contributed by atoms with Gasteiger partial charge in [-0.15, -0.1) is 0 Å². The number of aryl methyl sites for hydroxylation is 2. The molecule has 90 valence electrons. The van der Waals surface area contributed by atoms with E-state index < -0.39 is 10.0 Å². The van der Waals surface area contributed by atoms with Gasteiger partial charge >= 0.3 is 0 Å². The fraction of sp³-hybridized carbons (Fsp3) is 0.167. The van der Waals surface area contributed by atoms with Crippen LogP contribution in [0, 0.1) is 13.8 Å². The molecule has 0 fully saturated rings. The standard InChI is InChI=1S/C12H13NO3S/c1-9-3-5-11(6-4-9)17(15,16)13-8-7-10(2)12(13)14/h3-8,14H,1-2H3. The third-order valence-corrected chi connectivity index (χ3v) is 4.28. The van der Waals surface area contributed by atoms with Gasteiger partial charge in [0.05, 0.1) is 4.90 Å². The first-order valence-corrected chi connectivity index (χ1v) is 6.56. The van der Waals surface area contributed by atoms with Crippen LogP contribution in [0.1, 0.15) is 11.1 Å². The van der Waals surface area contributed by atoms with Crippen molar-refractivity contribution in [2.45, 2.75) is 18.7 Å². The van der Waals surface area contributed by atoms with Crippen molar-refractivity contribution in [2.75, 3.05) is 0 Å². The predicted octanol–water partition coefficient (Wildman–Crippen LogP) is 2.05. The Labute approximate surface area is 100 Å². The molecule has 17 heavy (non-hydrogen) atoms. The minimum Gasteiger partial charge on any atom is -0.494 e. The highest BCUT2D eigenvalue weighted by Gasteiger charge is 2.20. The van der Waals surface area contributed by atoms with Gasteiger partial charge in [0.15, 0.2) is 0 Å². The maximum absolute atomic E-state index is 12.2. The normalized spacial score (nSPS) is 11.6. The molecular weight excluding hydrogens is 238 g/mol. The molecular formula is C12H13NO3S. The second kappa shape index (κ2) is 3.92. The third kappa shape index (κ3) is 1.93. The molecule has 1 heterocycles. The summed E-state index contributed by atoms with van der Waals surface area (Å²) in [4.78, 5) is 0.161. The lowest BCUT2D eigenvalue weighted by atomic mass is 10.2. The average Bonchev–Trinajstić information content (AvgIpc) is 2.61. The molecule has 2 aromatic rings. The zero-order valence-electron chi connectivity index (χ0n) is 9.58. The van der Waals surface area contributed by atoms with Crippen molar-refractivity contribution in [1.82, 2.24) is 3.97 Å². The van der Waals surface area contributed by atoms with E-state index in [0.29, 0.717) is 5.56 Å². The van der Waals surface area contributed by atoms with Gasteiger partial charge in [0, 0.05) is 11.8 Å². The summed E-state index contributed by atoms with van der Waals surface area (Å²) in [6, 6.07) is 8.06. The first-order chi connectivity index (χ1) is 7.93. The summed E-state index contributed by atoms with van der Waals surface area (Å²) in [5.74, 6) is -0.245. The Morgan fingerprint density at radius 1 is 1.06 bits per heavy atom. The van der Waals surface area contributed by atoms with Crippen LogP contribution in [0.25, 0.3) is 0 Å². The summed E-state index contributed by atoms with van der Waals surface area (Å²) in [6.45, 7) is 3.53. The van der Waals surface area contributed by atoms with E-state index in [1.54, 1.807) is 25.1 Å². The molecule has 0 spiro atoms. The molecule has 1 aromatic carbocycles. The fourth-order valence-electron chi connectivity index (χ4n) is 1.52. The molecule has 0 aliphatic heterocycles. The predicted molar refractivity (Wildman–Crippen MR) is 64.6 cm³/mol. The smallest absolute Gasteiger partial charge is 0.270 e. The zero-order chi connectivity index (χ0) is 12.6. The van der Waals surface area contributed by atoms with Crippen molar-refractivity contribution in [2.24, 2.45) is 0 Å². The lowest BCUT2D eigenvalue weighted by Gasteiger charge is -2.07. The van der Waals surface area contributed by atoms with Crippen LogP contribution >= 0.6 is 0 Å². The first kappa shape index (κ1) is 11.7. The molecule has 2 rings (SSSR count). The van der Waals surface area contributed by atoms with Gasteiger partial charge in [0.1, 0.15) is 0 Å². The average molecular weight is 251 g/mol. The number of nitrogens with zero attached hydrogens (tertiary/aromatic N) is 1. The van der Waals surface area contributed by atoms with E-state index in [1.165, 1.54) is 18.3 Å². The number of aromatic hydroxyl groups is 1. The molecule has 0 saturated heterocycles. The maximum Gasteiger partial charge on any atom is 0.270 e. The lowest BCUT2D eigenvalue weighted by Crippen LogP contribution is -2.11. The fourth-order valence-corrected chi connectivity index (χ4v) is 2.82. The Balaban J connectivity index is 2.58. The maximum atomic E-state index is 12.2. The van der Waals surface area contributed by atoms with Crippen LogP contribution in [0.3, 0.4) is 0 Å². The van der Waals surface area contributed by atoms with Gasteiger partial charge in [-0.25, -0.2) is 12.4 Å². The van der Waals surface area contributed by atoms with E-state index in [2.05, 4.69) is 0 Å². The Bertz CT molecular complexity index is 639. The minimum atomic E-state index is -3.70. The first-order valence-electron chi connectivity index (χ1n) is 5.12. The third-order valence-electron chi connectivity index (χ3n) is 2.60. The van der Waals surface area contributed by atoms with Crippen molar-refractivity contribution >= 4 is 10.0 Å². The molecule has 0 bridgehead atoms. The van der Waals surface area contributed by atoms with E-state index >= 15 is 0 Å². The molecule has 0 amide bonds. The van der Waals surface area contributed by atoms with Crippen LogP contribution in [0.4, 0.5) is 0 Å². The Kier molecular flexibility index (Phi) is 2.71. The topological polar surface area (TPSA) is 59.3 Å². The molecule has 0 saturated carbocycles. The Morgan fingerprint density at radius 2 is 1.65 bits per heavy atom. The van der Waals surface area contributed by atoms with E-state index in [1.807, 2.05) is 6.92 Å². The van der Waals surface area contributed by atoms with Crippen LogP contribution in [-0.4, -0.2) is 17.5 Å². The quantitative estimate of drug-likeness (QED) is 0.888. The van der Waals surface area contributed by atoms with Gasteiger partial charge < -0.3 is 5.11 Å². The van der Waals surface area contributed by atoms with Gasteiger partial charge in [-0.1, -0.05) is 17.7 Å². The SMILES string of the molecule is Cc1ccc(S(=O)(=O)n2ccc(C)c2O)cc1. The second-order valence-corrected chi connectivity index (χ2v) is 5.75. The van der Waals surface area contributed by atoms with Gasteiger partial charge in [-0.2, -0.15) is 0 Å². The van der Waals surface area contributed by atoms with Crippen molar-refractivity contribution in [3.63, 3.8) is 0 Å². The van der Waals surface area contributed by atoms with Crippen molar-refractivity contribution in [3.8, 4) is 5.88 Å². The number of benzene rings is 1. The molecule has 1 N–H and O–H groups in total. The van der Waals surface area contributed by atoms with Gasteiger partial charge in [0.25, 0.3) is 10.0 Å². The van der Waals surface area contributed by atoms with Gasteiger partial charge in [-0.05, 0) is 32.0 Å². The molecule has 0 unspecified atom stereocenters. The lowest BCUT2D eigenvalue weighted by molar-refractivity contribution is 0.441. The van der Waals surface area contributed by atoms with Crippen LogP contribution < -0.4 is 0 Å². The molecule has 0 radical (unpaired) electrons. The van der Waals surface area contributed by atoms with Crippen molar-refractivity contribution in [3.05, 3.63) is 47.7 Å². The van der Waals surface area contributed by atoms with Crippen LogP contribution in [0.15, 0.2) is 41.4 Å². The minimum absolute atomic E-state index is 0.161. The van der Waals surface area contributed by atoms with Crippen LogP contribution in [0.5, 0.6) is 5.88 Å². The highest BCUT2D eigenvalue weighted by molar-refractivity contribution is 7.90. The van der Waals surface area contributed by atoms with Gasteiger partial charge in [-0.3, -0.25) is 0 Å². The highest BCUT2D eigenvalue weighted by atomic mass is 32.2. The summed E-state index contributed by atoms with van der Waals surface area (Å²) >= 11 is 0. The summed E-state index contributed by atoms with van der Waals surface area (Å²) in [5.41, 5.74) is 1.51. The Morgan fingerprint density at radius 3 is 2.12 bits per heavy atom. The van der Waals surface area contributed by atoms with E-state index in [-0.39, 0.29) is 10.8 Å². The van der Waals surface area contributed by atoms with E-state index in [4.69, 9.17) is 0 Å². The molecule has 0 aliphatic rings. The highest BCUT2D eigenvalue weighted by Crippen LogP contribution is 2.23. The molecule has 5 heteroatoms. The van der Waals surface area contributed by atoms with Crippen molar-refractivity contribution in [1.29, 1.82) is 0 Å². The Hall–Kier alpha value is -1.75. The van der Waals surface area contributed by atoms with Gasteiger partial charge in [0.2, 0.25) is 5.88 Å². The molecule has 0 atom stereocenters. The number of hydrogen-bond donors (Lipinski definition) is 1.